The molecule has 0 amide bonds. The van der Waals surface area contributed by atoms with Crippen molar-refractivity contribution in [2.75, 3.05) is 0 Å². The van der Waals surface area contributed by atoms with Crippen LogP contribution in [0.2, 0.25) is 0 Å². The number of carbonyl (C=O) groups is 1. The van der Waals surface area contributed by atoms with Crippen LogP contribution in [0, 0.1) is 19.7 Å². The molecule has 1 heterocycles. The highest BCUT2D eigenvalue weighted by atomic mass is 19.1. The SMILES string of the molecule is Cc1cc2occ(CC(=O)O[C@@H](C)c3ccc(F)cc3)c2cc1C. The number of fused-ring (bicyclic) bond motifs is 1. The predicted molar refractivity (Wildman–Crippen MR) is 90.3 cm³/mol. The van der Waals surface area contributed by atoms with Gasteiger partial charge in [0.25, 0.3) is 0 Å². The molecule has 1 aromatic heterocycles. The van der Waals surface area contributed by atoms with E-state index >= 15 is 0 Å². The Morgan fingerprint density at radius 1 is 1.17 bits per heavy atom. The Morgan fingerprint density at radius 2 is 1.83 bits per heavy atom. The molecule has 0 N–H and O–H groups in total. The Morgan fingerprint density at radius 3 is 2.54 bits per heavy atom. The normalized spacial score (nSPS) is 12.3. The van der Waals surface area contributed by atoms with Gasteiger partial charge >= 0.3 is 5.97 Å². The van der Waals surface area contributed by atoms with E-state index in [1.807, 2.05) is 26.0 Å². The van der Waals surface area contributed by atoms with Gasteiger partial charge in [0, 0.05) is 10.9 Å². The summed E-state index contributed by atoms with van der Waals surface area (Å²) in [7, 11) is 0. The predicted octanol–water partition coefficient (Wildman–Crippen LogP) is 5.04. The molecule has 0 aliphatic carbocycles. The van der Waals surface area contributed by atoms with E-state index in [-0.39, 0.29) is 18.2 Å². The monoisotopic (exact) mass is 326 g/mol. The molecule has 3 rings (SSSR count). The Hall–Kier alpha value is -2.62. The summed E-state index contributed by atoms with van der Waals surface area (Å²) < 4.78 is 23.9. The van der Waals surface area contributed by atoms with Crippen molar-refractivity contribution in [1.82, 2.24) is 0 Å². The lowest BCUT2D eigenvalue weighted by atomic mass is 10.0. The maximum atomic E-state index is 13.0. The molecule has 2 aromatic carbocycles. The minimum Gasteiger partial charge on any atom is -0.464 e. The lowest BCUT2D eigenvalue weighted by Gasteiger charge is -2.13. The number of furan rings is 1. The zero-order chi connectivity index (χ0) is 17.3. The maximum absolute atomic E-state index is 13.0. The van der Waals surface area contributed by atoms with Crippen LogP contribution in [0.25, 0.3) is 11.0 Å². The minimum absolute atomic E-state index is 0.140. The number of hydrogen-bond acceptors (Lipinski definition) is 3. The summed E-state index contributed by atoms with van der Waals surface area (Å²) in [6, 6.07) is 9.95. The fourth-order valence-electron chi connectivity index (χ4n) is 2.67. The summed E-state index contributed by atoms with van der Waals surface area (Å²) >= 11 is 0. The molecule has 24 heavy (non-hydrogen) atoms. The van der Waals surface area contributed by atoms with Gasteiger partial charge in [0.05, 0.1) is 12.7 Å². The molecule has 0 spiro atoms. The summed E-state index contributed by atoms with van der Waals surface area (Å²) in [6.45, 7) is 5.82. The Labute approximate surface area is 140 Å². The van der Waals surface area contributed by atoms with E-state index in [2.05, 4.69) is 0 Å². The van der Waals surface area contributed by atoms with Gasteiger partial charge < -0.3 is 9.15 Å². The lowest BCUT2D eigenvalue weighted by Crippen LogP contribution is -2.11. The second-order valence-electron chi connectivity index (χ2n) is 6.05. The third-order valence-electron chi connectivity index (χ3n) is 4.25. The number of esters is 1. The van der Waals surface area contributed by atoms with Crippen molar-refractivity contribution in [2.24, 2.45) is 0 Å². The molecular formula is C20H19FO3. The van der Waals surface area contributed by atoms with Gasteiger partial charge in [-0.2, -0.15) is 0 Å². The minimum atomic E-state index is -0.430. The van der Waals surface area contributed by atoms with Gasteiger partial charge in [0.1, 0.15) is 17.5 Å². The average molecular weight is 326 g/mol. The summed E-state index contributed by atoms with van der Waals surface area (Å²) in [4.78, 5) is 12.2. The van der Waals surface area contributed by atoms with Crippen LogP contribution in [0.5, 0.6) is 0 Å². The van der Waals surface area contributed by atoms with Crippen LogP contribution in [0.3, 0.4) is 0 Å². The summed E-state index contributed by atoms with van der Waals surface area (Å²) in [5.74, 6) is -0.652. The molecule has 0 bridgehead atoms. The van der Waals surface area contributed by atoms with Crippen LogP contribution in [-0.2, 0) is 16.0 Å². The average Bonchev–Trinajstić information content (AvgIpc) is 2.90. The molecule has 0 aliphatic rings. The van der Waals surface area contributed by atoms with E-state index in [1.54, 1.807) is 25.3 Å². The van der Waals surface area contributed by atoms with Gasteiger partial charge in [0.2, 0.25) is 0 Å². The number of benzene rings is 2. The molecule has 0 unspecified atom stereocenters. The molecule has 4 heteroatoms. The molecule has 3 nitrogen and oxygen atoms in total. The van der Waals surface area contributed by atoms with Crippen LogP contribution >= 0.6 is 0 Å². The number of ether oxygens (including phenoxy) is 1. The van der Waals surface area contributed by atoms with Crippen LogP contribution in [0.1, 0.15) is 35.3 Å². The van der Waals surface area contributed by atoms with E-state index in [9.17, 15) is 9.18 Å². The van der Waals surface area contributed by atoms with Crippen LogP contribution < -0.4 is 0 Å². The first kappa shape index (κ1) is 16.2. The fourth-order valence-corrected chi connectivity index (χ4v) is 2.67. The molecule has 0 saturated heterocycles. The Kier molecular flexibility index (Phi) is 4.38. The molecule has 0 aliphatic heterocycles. The summed E-state index contributed by atoms with van der Waals surface area (Å²) in [5.41, 5.74) is 4.64. The van der Waals surface area contributed by atoms with Crippen molar-refractivity contribution >= 4 is 16.9 Å². The molecule has 124 valence electrons. The highest BCUT2D eigenvalue weighted by molar-refractivity contribution is 5.86. The highest BCUT2D eigenvalue weighted by Crippen LogP contribution is 2.26. The van der Waals surface area contributed by atoms with E-state index in [4.69, 9.17) is 9.15 Å². The number of rotatable bonds is 4. The largest absolute Gasteiger partial charge is 0.464 e. The van der Waals surface area contributed by atoms with Crippen LogP contribution in [0.4, 0.5) is 4.39 Å². The Balaban J connectivity index is 1.73. The number of halogens is 1. The van der Waals surface area contributed by atoms with Crippen LogP contribution in [0.15, 0.2) is 47.1 Å². The Bertz CT molecular complexity index is 878. The smallest absolute Gasteiger partial charge is 0.311 e. The molecule has 0 fully saturated rings. The standard InChI is InChI=1S/C20H19FO3/c1-12-8-18-16(11-23-19(18)9-13(12)2)10-20(22)24-14(3)15-4-6-17(21)7-5-15/h4-9,11,14H,10H2,1-3H3/t14-/m0/s1. The topological polar surface area (TPSA) is 39.4 Å². The molecular weight excluding hydrogens is 307 g/mol. The first-order valence-electron chi connectivity index (χ1n) is 7.86. The number of carbonyl (C=O) groups excluding carboxylic acids is 1. The summed E-state index contributed by atoms with van der Waals surface area (Å²) in [6.07, 6.45) is 1.31. The van der Waals surface area contributed by atoms with Crippen LogP contribution in [-0.4, -0.2) is 5.97 Å². The molecule has 1 atom stereocenters. The quantitative estimate of drug-likeness (QED) is 0.631. The van der Waals surface area contributed by atoms with Crippen molar-refractivity contribution in [3.8, 4) is 0 Å². The summed E-state index contributed by atoms with van der Waals surface area (Å²) in [5, 5.41) is 0.935. The fraction of sp³-hybridized carbons (Fsp3) is 0.250. The lowest BCUT2D eigenvalue weighted by molar-refractivity contribution is -0.147. The van der Waals surface area contributed by atoms with Gasteiger partial charge in [-0.1, -0.05) is 12.1 Å². The molecule has 3 aromatic rings. The van der Waals surface area contributed by atoms with Gasteiger partial charge in [-0.15, -0.1) is 0 Å². The van der Waals surface area contributed by atoms with Gasteiger partial charge in [-0.25, -0.2) is 4.39 Å². The van der Waals surface area contributed by atoms with Crippen molar-refractivity contribution in [1.29, 1.82) is 0 Å². The van der Waals surface area contributed by atoms with Crippen molar-refractivity contribution in [2.45, 2.75) is 33.3 Å². The third-order valence-corrected chi connectivity index (χ3v) is 4.25. The third kappa shape index (κ3) is 3.32. The maximum Gasteiger partial charge on any atom is 0.311 e. The van der Waals surface area contributed by atoms with Crippen molar-refractivity contribution < 1.29 is 18.3 Å². The van der Waals surface area contributed by atoms with Gasteiger partial charge in [-0.05, 0) is 61.7 Å². The van der Waals surface area contributed by atoms with Crippen molar-refractivity contribution in [3.63, 3.8) is 0 Å². The van der Waals surface area contributed by atoms with E-state index in [0.717, 1.165) is 33.2 Å². The van der Waals surface area contributed by atoms with Gasteiger partial charge in [-0.3, -0.25) is 4.79 Å². The zero-order valence-electron chi connectivity index (χ0n) is 13.9. The second kappa shape index (κ2) is 6.48. The van der Waals surface area contributed by atoms with E-state index in [1.165, 1.54) is 12.1 Å². The molecule has 0 radical (unpaired) electrons. The second-order valence-corrected chi connectivity index (χ2v) is 6.05. The van der Waals surface area contributed by atoms with E-state index in [0.29, 0.717) is 0 Å². The first-order chi connectivity index (χ1) is 11.4. The first-order valence-corrected chi connectivity index (χ1v) is 7.86. The highest BCUT2D eigenvalue weighted by Gasteiger charge is 2.16. The number of aryl methyl sites for hydroxylation is 2. The van der Waals surface area contributed by atoms with Crippen molar-refractivity contribution in [3.05, 3.63) is 70.7 Å². The molecule has 0 saturated carbocycles. The van der Waals surface area contributed by atoms with Gasteiger partial charge in [0.15, 0.2) is 0 Å². The zero-order valence-corrected chi connectivity index (χ0v) is 13.9. The van der Waals surface area contributed by atoms with E-state index < -0.39 is 6.10 Å². The number of hydrogen-bond donors (Lipinski definition) is 0.